The zero-order chi connectivity index (χ0) is 22.7. The van der Waals surface area contributed by atoms with Crippen LogP contribution in [0, 0.1) is 0 Å². The third-order valence-electron chi connectivity index (χ3n) is 6.21. The molecular formula is C24H26N2O6. The lowest BCUT2D eigenvalue weighted by atomic mass is 9.80. The third-order valence-corrected chi connectivity index (χ3v) is 6.21. The number of carboxylic acids is 1. The molecule has 0 bridgehead atoms. The van der Waals surface area contributed by atoms with E-state index in [-0.39, 0.29) is 19.1 Å². The lowest BCUT2D eigenvalue weighted by molar-refractivity contribution is -0.140. The maximum Gasteiger partial charge on any atom is 0.407 e. The fourth-order valence-electron chi connectivity index (χ4n) is 4.30. The molecule has 0 saturated heterocycles. The summed E-state index contributed by atoms with van der Waals surface area (Å²) < 4.78 is 5.41. The summed E-state index contributed by atoms with van der Waals surface area (Å²) in [5.41, 5.74) is 3.33. The van der Waals surface area contributed by atoms with E-state index in [1.54, 1.807) is 0 Å². The van der Waals surface area contributed by atoms with Crippen LogP contribution in [0.15, 0.2) is 48.5 Å². The topological polar surface area (TPSA) is 125 Å². The number of hydrogen-bond donors (Lipinski definition) is 4. The maximum absolute atomic E-state index is 12.4. The zero-order valence-corrected chi connectivity index (χ0v) is 17.5. The minimum absolute atomic E-state index is 0.0221. The molecule has 0 aliphatic heterocycles. The first kappa shape index (κ1) is 21.8. The van der Waals surface area contributed by atoms with E-state index < -0.39 is 36.0 Å². The van der Waals surface area contributed by atoms with Crippen molar-refractivity contribution >= 4 is 18.0 Å². The van der Waals surface area contributed by atoms with E-state index in [0.29, 0.717) is 12.8 Å². The molecule has 0 radical (unpaired) electrons. The standard InChI is InChI=1S/C24H26N2O6/c27-21(28)12-20(22(29)25-14-24(31)10-5-11-24)26-23(30)32-13-19-17-8-3-1-6-15(17)16-7-2-4-9-18(16)19/h1-4,6-9,19-20,31H,5,10-14H2,(H,25,29)(H,26,30)(H,27,28). The highest BCUT2D eigenvalue weighted by molar-refractivity contribution is 5.89. The van der Waals surface area contributed by atoms with Gasteiger partial charge in [-0.2, -0.15) is 0 Å². The summed E-state index contributed by atoms with van der Waals surface area (Å²) in [5.74, 6) is -2.04. The summed E-state index contributed by atoms with van der Waals surface area (Å²) in [5, 5.41) is 24.2. The van der Waals surface area contributed by atoms with Crippen molar-refractivity contribution in [3.05, 3.63) is 59.7 Å². The Morgan fingerprint density at radius 1 is 1.03 bits per heavy atom. The van der Waals surface area contributed by atoms with Crippen LogP contribution in [0.3, 0.4) is 0 Å². The second kappa shape index (κ2) is 9.00. The highest BCUT2D eigenvalue weighted by Gasteiger charge is 2.36. The molecule has 1 fully saturated rings. The molecule has 8 nitrogen and oxygen atoms in total. The number of amides is 2. The minimum atomic E-state index is -1.30. The van der Waals surface area contributed by atoms with Crippen molar-refractivity contribution in [1.82, 2.24) is 10.6 Å². The lowest BCUT2D eigenvalue weighted by Crippen LogP contribution is -2.53. The first-order valence-corrected chi connectivity index (χ1v) is 10.7. The smallest absolute Gasteiger partial charge is 0.407 e. The van der Waals surface area contributed by atoms with Gasteiger partial charge in [0.05, 0.1) is 12.0 Å². The molecule has 2 aliphatic rings. The normalized spacial score (nSPS) is 16.8. The molecule has 0 spiro atoms. The SMILES string of the molecule is O=C(O)CC(NC(=O)OCC1c2ccccc2-c2ccccc21)C(=O)NCC1(O)CCC1. The van der Waals surface area contributed by atoms with E-state index in [1.807, 2.05) is 48.5 Å². The number of fused-ring (bicyclic) bond motifs is 3. The number of ether oxygens (including phenoxy) is 1. The number of carboxylic acid groups (broad SMARTS) is 1. The van der Waals surface area contributed by atoms with Crippen LogP contribution < -0.4 is 10.6 Å². The Kier molecular flexibility index (Phi) is 6.14. The quantitative estimate of drug-likeness (QED) is 0.502. The molecule has 168 valence electrons. The van der Waals surface area contributed by atoms with E-state index >= 15 is 0 Å². The highest BCUT2D eigenvalue weighted by Crippen LogP contribution is 2.44. The van der Waals surface area contributed by atoms with Crippen LogP contribution in [0.4, 0.5) is 4.79 Å². The van der Waals surface area contributed by atoms with Crippen molar-refractivity contribution in [2.45, 2.75) is 43.2 Å². The molecule has 2 amide bonds. The monoisotopic (exact) mass is 438 g/mol. The van der Waals surface area contributed by atoms with Crippen LogP contribution in [0.2, 0.25) is 0 Å². The Labute approximate surface area is 185 Å². The fraction of sp³-hybridized carbons (Fsp3) is 0.375. The average molecular weight is 438 g/mol. The van der Waals surface area contributed by atoms with Gasteiger partial charge in [0.2, 0.25) is 5.91 Å². The number of rotatable bonds is 8. The Balaban J connectivity index is 1.38. The predicted octanol–water partition coefficient (Wildman–Crippen LogP) is 2.40. The van der Waals surface area contributed by atoms with Gasteiger partial charge in [-0.15, -0.1) is 0 Å². The number of carbonyl (C=O) groups is 3. The first-order chi connectivity index (χ1) is 15.4. The number of hydrogen-bond acceptors (Lipinski definition) is 5. The number of aliphatic carboxylic acids is 1. The molecule has 2 aliphatic carbocycles. The fourth-order valence-corrected chi connectivity index (χ4v) is 4.30. The van der Waals surface area contributed by atoms with Gasteiger partial charge >= 0.3 is 12.1 Å². The highest BCUT2D eigenvalue weighted by atomic mass is 16.5. The summed E-state index contributed by atoms with van der Waals surface area (Å²) in [6, 6.07) is 14.5. The van der Waals surface area contributed by atoms with Crippen LogP contribution in [-0.4, -0.2) is 53.0 Å². The van der Waals surface area contributed by atoms with Crippen molar-refractivity contribution in [2.24, 2.45) is 0 Å². The van der Waals surface area contributed by atoms with Crippen molar-refractivity contribution in [3.63, 3.8) is 0 Å². The molecule has 1 saturated carbocycles. The van der Waals surface area contributed by atoms with Crippen LogP contribution in [-0.2, 0) is 14.3 Å². The molecule has 0 heterocycles. The third kappa shape index (κ3) is 4.60. The molecule has 4 N–H and O–H groups in total. The molecule has 2 aromatic rings. The van der Waals surface area contributed by atoms with Crippen LogP contribution >= 0.6 is 0 Å². The molecule has 8 heteroatoms. The van der Waals surface area contributed by atoms with Gasteiger partial charge in [-0.3, -0.25) is 9.59 Å². The van der Waals surface area contributed by atoms with E-state index in [0.717, 1.165) is 28.7 Å². The van der Waals surface area contributed by atoms with Gasteiger partial charge in [0.1, 0.15) is 12.6 Å². The van der Waals surface area contributed by atoms with Crippen molar-refractivity contribution < 1.29 is 29.3 Å². The van der Waals surface area contributed by atoms with Crippen LogP contribution in [0.25, 0.3) is 11.1 Å². The zero-order valence-electron chi connectivity index (χ0n) is 17.5. The van der Waals surface area contributed by atoms with Gasteiger partial charge in [-0.25, -0.2) is 4.79 Å². The van der Waals surface area contributed by atoms with E-state index in [9.17, 15) is 19.5 Å². The van der Waals surface area contributed by atoms with Gasteiger partial charge in [0.15, 0.2) is 0 Å². The molecule has 0 aromatic heterocycles. The molecular weight excluding hydrogens is 412 g/mol. The number of carbonyl (C=O) groups excluding carboxylic acids is 2. The summed E-state index contributed by atoms with van der Waals surface area (Å²) in [4.78, 5) is 36.1. The molecule has 32 heavy (non-hydrogen) atoms. The molecule has 1 atom stereocenters. The van der Waals surface area contributed by atoms with E-state index in [2.05, 4.69) is 10.6 Å². The molecule has 4 rings (SSSR count). The summed E-state index contributed by atoms with van der Waals surface area (Å²) in [7, 11) is 0. The van der Waals surface area contributed by atoms with Gasteiger partial charge in [0, 0.05) is 12.5 Å². The summed E-state index contributed by atoms with van der Waals surface area (Å²) >= 11 is 0. The average Bonchev–Trinajstić information content (AvgIpc) is 3.08. The number of aliphatic hydroxyl groups is 1. The Hall–Kier alpha value is -3.39. The van der Waals surface area contributed by atoms with Gasteiger partial charge in [0.25, 0.3) is 0 Å². The Morgan fingerprint density at radius 3 is 2.16 bits per heavy atom. The van der Waals surface area contributed by atoms with Gasteiger partial charge in [-0.1, -0.05) is 48.5 Å². The summed E-state index contributed by atoms with van der Waals surface area (Å²) in [6.45, 7) is 0.0787. The summed E-state index contributed by atoms with van der Waals surface area (Å²) in [6.07, 6.45) is 0.584. The minimum Gasteiger partial charge on any atom is -0.481 e. The van der Waals surface area contributed by atoms with E-state index in [4.69, 9.17) is 9.84 Å². The van der Waals surface area contributed by atoms with Crippen LogP contribution in [0.1, 0.15) is 42.7 Å². The number of alkyl carbamates (subject to hydrolysis) is 1. The second-order valence-electron chi connectivity index (χ2n) is 8.42. The van der Waals surface area contributed by atoms with Gasteiger partial charge < -0.3 is 25.6 Å². The van der Waals surface area contributed by atoms with Gasteiger partial charge in [-0.05, 0) is 41.5 Å². The molecule has 2 aromatic carbocycles. The predicted molar refractivity (Wildman–Crippen MR) is 116 cm³/mol. The Bertz CT molecular complexity index is 987. The van der Waals surface area contributed by atoms with Crippen molar-refractivity contribution in [2.75, 3.05) is 13.2 Å². The van der Waals surface area contributed by atoms with Crippen molar-refractivity contribution in [1.29, 1.82) is 0 Å². The van der Waals surface area contributed by atoms with E-state index in [1.165, 1.54) is 0 Å². The number of nitrogens with one attached hydrogen (secondary N) is 2. The number of benzene rings is 2. The van der Waals surface area contributed by atoms with Crippen LogP contribution in [0.5, 0.6) is 0 Å². The Morgan fingerprint density at radius 2 is 1.62 bits per heavy atom. The lowest BCUT2D eigenvalue weighted by Gasteiger charge is -2.36. The maximum atomic E-state index is 12.4. The largest absolute Gasteiger partial charge is 0.481 e. The first-order valence-electron chi connectivity index (χ1n) is 10.7. The second-order valence-corrected chi connectivity index (χ2v) is 8.42. The van der Waals surface area contributed by atoms with Crippen molar-refractivity contribution in [3.8, 4) is 11.1 Å². The molecule has 1 unspecified atom stereocenters.